The standard InChI is InChI=1S/C13H26N2O/c1-12(7-10-16-4)15-9-6-5-8-13(2,3)11-14/h12,15H,5-10H2,1-4H3. The Morgan fingerprint density at radius 1 is 1.38 bits per heavy atom. The van der Waals surface area contributed by atoms with E-state index in [1.165, 1.54) is 0 Å². The van der Waals surface area contributed by atoms with Crippen LogP contribution in [0.25, 0.3) is 0 Å². The molecule has 0 aromatic heterocycles. The molecule has 0 aliphatic heterocycles. The number of hydrogen-bond donors (Lipinski definition) is 1. The van der Waals surface area contributed by atoms with Gasteiger partial charge in [0, 0.05) is 19.8 Å². The SMILES string of the molecule is COCCC(C)NCCCCC(C)(C)C#N. The second kappa shape index (κ2) is 8.55. The normalized spacial score (nSPS) is 13.4. The highest BCUT2D eigenvalue weighted by atomic mass is 16.5. The quantitative estimate of drug-likeness (QED) is 0.615. The molecule has 0 aromatic rings. The molecule has 1 N–H and O–H groups in total. The molecule has 0 aliphatic carbocycles. The number of ether oxygens (including phenoxy) is 1. The van der Waals surface area contributed by atoms with E-state index in [1.54, 1.807) is 7.11 Å². The Morgan fingerprint density at radius 2 is 2.06 bits per heavy atom. The number of methoxy groups -OCH3 is 1. The van der Waals surface area contributed by atoms with Crippen molar-refractivity contribution in [2.24, 2.45) is 5.41 Å². The van der Waals surface area contributed by atoms with Crippen LogP contribution in [0.4, 0.5) is 0 Å². The summed E-state index contributed by atoms with van der Waals surface area (Å²) in [6, 6.07) is 2.85. The van der Waals surface area contributed by atoms with Crippen LogP contribution in [0.2, 0.25) is 0 Å². The van der Waals surface area contributed by atoms with E-state index in [-0.39, 0.29) is 5.41 Å². The summed E-state index contributed by atoms with van der Waals surface area (Å²) in [7, 11) is 1.73. The van der Waals surface area contributed by atoms with Crippen molar-refractivity contribution in [3.05, 3.63) is 0 Å². The minimum Gasteiger partial charge on any atom is -0.385 e. The van der Waals surface area contributed by atoms with Crippen LogP contribution in [0.3, 0.4) is 0 Å². The maximum Gasteiger partial charge on any atom is 0.0683 e. The van der Waals surface area contributed by atoms with Crippen LogP contribution in [0.15, 0.2) is 0 Å². The Bertz CT molecular complexity index is 208. The molecule has 3 nitrogen and oxygen atoms in total. The monoisotopic (exact) mass is 226 g/mol. The van der Waals surface area contributed by atoms with Crippen molar-refractivity contribution in [2.75, 3.05) is 20.3 Å². The van der Waals surface area contributed by atoms with Gasteiger partial charge in [0.25, 0.3) is 0 Å². The molecule has 0 aliphatic rings. The highest BCUT2D eigenvalue weighted by Crippen LogP contribution is 2.21. The molecule has 0 fully saturated rings. The summed E-state index contributed by atoms with van der Waals surface area (Å²) < 4.78 is 5.02. The molecule has 0 spiro atoms. The molecule has 1 atom stereocenters. The highest BCUT2D eigenvalue weighted by Gasteiger charge is 2.15. The van der Waals surface area contributed by atoms with E-state index >= 15 is 0 Å². The van der Waals surface area contributed by atoms with E-state index in [9.17, 15) is 0 Å². The van der Waals surface area contributed by atoms with Crippen molar-refractivity contribution in [3.63, 3.8) is 0 Å². The molecule has 1 unspecified atom stereocenters. The third-order valence-electron chi connectivity index (χ3n) is 2.78. The molecule has 0 bridgehead atoms. The number of unbranched alkanes of at least 4 members (excludes halogenated alkanes) is 1. The van der Waals surface area contributed by atoms with Crippen molar-refractivity contribution < 1.29 is 4.74 Å². The fraction of sp³-hybridized carbons (Fsp3) is 0.923. The minimum absolute atomic E-state index is 0.165. The lowest BCUT2D eigenvalue weighted by atomic mass is 9.89. The summed E-state index contributed by atoms with van der Waals surface area (Å²) in [5.74, 6) is 0. The molecule has 0 heterocycles. The minimum atomic E-state index is -0.165. The van der Waals surface area contributed by atoms with Gasteiger partial charge in [-0.1, -0.05) is 6.42 Å². The lowest BCUT2D eigenvalue weighted by molar-refractivity contribution is 0.185. The van der Waals surface area contributed by atoms with E-state index in [2.05, 4.69) is 18.3 Å². The average molecular weight is 226 g/mol. The van der Waals surface area contributed by atoms with Gasteiger partial charge in [-0.3, -0.25) is 0 Å². The lowest BCUT2D eigenvalue weighted by Gasteiger charge is -2.16. The van der Waals surface area contributed by atoms with Crippen LogP contribution >= 0.6 is 0 Å². The van der Waals surface area contributed by atoms with Gasteiger partial charge in [-0.25, -0.2) is 0 Å². The van der Waals surface area contributed by atoms with Gasteiger partial charge in [-0.05, 0) is 46.6 Å². The summed E-state index contributed by atoms with van der Waals surface area (Å²) in [4.78, 5) is 0. The molecule has 0 radical (unpaired) electrons. The predicted molar refractivity (Wildman–Crippen MR) is 67.2 cm³/mol. The Balaban J connectivity index is 3.37. The van der Waals surface area contributed by atoms with Gasteiger partial charge in [0.2, 0.25) is 0 Å². The number of nitrogens with zero attached hydrogens (tertiary/aromatic N) is 1. The van der Waals surface area contributed by atoms with Crippen molar-refractivity contribution >= 4 is 0 Å². The molecule has 94 valence electrons. The van der Waals surface area contributed by atoms with Crippen LogP contribution < -0.4 is 5.32 Å². The zero-order valence-corrected chi connectivity index (χ0v) is 11.2. The summed E-state index contributed by atoms with van der Waals surface area (Å²) in [6.07, 6.45) is 4.30. The molecule has 0 saturated carbocycles. The maximum absolute atomic E-state index is 8.86. The summed E-state index contributed by atoms with van der Waals surface area (Å²) in [5, 5.41) is 12.3. The van der Waals surface area contributed by atoms with Crippen molar-refractivity contribution in [1.29, 1.82) is 5.26 Å². The Hall–Kier alpha value is -0.590. The van der Waals surface area contributed by atoms with Crippen LogP contribution in [-0.4, -0.2) is 26.3 Å². The first-order chi connectivity index (χ1) is 7.52. The molecular formula is C13H26N2O. The fourth-order valence-electron chi connectivity index (χ4n) is 1.49. The van der Waals surface area contributed by atoms with Crippen LogP contribution in [-0.2, 0) is 4.74 Å². The van der Waals surface area contributed by atoms with E-state index in [1.807, 2.05) is 13.8 Å². The van der Waals surface area contributed by atoms with Gasteiger partial charge >= 0.3 is 0 Å². The molecule has 16 heavy (non-hydrogen) atoms. The Kier molecular flexibility index (Phi) is 8.23. The van der Waals surface area contributed by atoms with E-state index < -0.39 is 0 Å². The average Bonchev–Trinajstić information content (AvgIpc) is 2.25. The Labute approximate surface area is 100 Å². The summed E-state index contributed by atoms with van der Waals surface area (Å²) in [5.41, 5.74) is -0.165. The number of hydrogen-bond acceptors (Lipinski definition) is 3. The second-order valence-electron chi connectivity index (χ2n) is 5.09. The van der Waals surface area contributed by atoms with Crippen LogP contribution in [0, 0.1) is 16.7 Å². The first-order valence-corrected chi connectivity index (χ1v) is 6.15. The van der Waals surface area contributed by atoms with E-state index in [0.717, 1.165) is 38.8 Å². The molecule has 0 aromatic carbocycles. The molecule has 0 rings (SSSR count). The molecule has 0 saturated heterocycles. The topological polar surface area (TPSA) is 45.0 Å². The van der Waals surface area contributed by atoms with Crippen molar-refractivity contribution in [3.8, 4) is 6.07 Å². The fourth-order valence-corrected chi connectivity index (χ4v) is 1.49. The first kappa shape index (κ1) is 15.4. The predicted octanol–water partition coefficient (Wildman–Crippen LogP) is 2.72. The summed E-state index contributed by atoms with van der Waals surface area (Å²) in [6.45, 7) is 8.03. The maximum atomic E-state index is 8.86. The van der Waals surface area contributed by atoms with Gasteiger partial charge in [-0.15, -0.1) is 0 Å². The van der Waals surface area contributed by atoms with Gasteiger partial charge in [0.15, 0.2) is 0 Å². The zero-order chi connectivity index (χ0) is 12.4. The Morgan fingerprint density at radius 3 is 2.62 bits per heavy atom. The zero-order valence-electron chi connectivity index (χ0n) is 11.2. The van der Waals surface area contributed by atoms with E-state index in [4.69, 9.17) is 10.00 Å². The number of nitrogens with one attached hydrogen (secondary N) is 1. The van der Waals surface area contributed by atoms with Crippen LogP contribution in [0.5, 0.6) is 0 Å². The lowest BCUT2D eigenvalue weighted by Crippen LogP contribution is -2.28. The highest BCUT2D eigenvalue weighted by molar-refractivity contribution is 4.91. The third kappa shape index (κ3) is 8.70. The number of nitriles is 1. The molecule has 0 amide bonds. The van der Waals surface area contributed by atoms with E-state index in [0.29, 0.717) is 6.04 Å². The van der Waals surface area contributed by atoms with Crippen molar-refractivity contribution in [1.82, 2.24) is 5.32 Å². The molecule has 3 heteroatoms. The summed E-state index contributed by atoms with van der Waals surface area (Å²) >= 11 is 0. The van der Waals surface area contributed by atoms with Gasteiger partial charge in [-0.2, -0.15) is 5.26 Å². The second-order valence-corrected chi connectivity index (χ2v) is 5.09. The largest absolute Gasteiger partial charge is 0.385 e. The van der Waals surface area contributed by atoms with Crippen molar-refractivity contribution in [2.45, 2.75) is 52.5 Å². The molecular weight excluding hydrogens is 200 g/mol. The third-order valence-corrected chi connectivity index (χ3v) is 2.78. The van der Waals surface area contributed by atoms with Crippen LogP contribution in [0.1, 0.15) is 46.5 Å². The number of rotatable bonds is 9. The van der Waals surface area contributed by atoms with Gasteiger partial charge in [0.05, 0.1) is 11.5 Å². The van der Waals surface area contributed by atoms with Gasteiger partial charge in [0.1, 0.15) is 0 Å². The van der Waals surface area contributed by atoms with Gasteiger partial charge < -0.3 is 10.1 Å². The smallest absolute Gasteiger partial charge is 0.0683 e. The first-order valence-electron chi connectivity index (χ1n) is 6.15.